The van der Waals surface area contributed by atoms with Gasteiger partial charge in [-0.1, -0.05) is 24.3 Å². The summed E-state index contributed by atoms with van der Waals surface area (Å²) in [4.78, 5) is 12.5. The molecule has 0 bridgehead atoms. The molecular formula is C17H17O4. The standard InChI is InChI=1S/C17H17O4/c1-19-11-14-15(20-2)9-13(10-16(14)21-3)17(18)12-7-5-4-6-8-12/h4-7,9-10H,11H2,1-3H3. The van der Waals surface area contributed by atoms with E-state index in [1.54, 1.807) is 51.7 Å². The van der Waals surface area contributed by atoms with Crippen molar-refractivity contribution in [2.45, 2.75) is 6.61 Å². The number of hydrogen-bond donors (Lipinski definition) is 0. The van der Waals surface area contributed by atoms with Crippen LogP contribution in [0.25, 0.3) is 0 Å². The van der Waals surface area contributed by atoms with Crippen LogP contribution in [0.1, 0.15) is 21.5 Å². The summed E-state index contributed by atoms with van der Waals surface area (Å²) in [6.07, 6.45) is 0. The number of ketones is 1. The van der Waals surface area contributed by atoms with Crippen LogP contribution < -0.4 is 9.47 Å². The average Bonchev–Trinajstić information content (AvgIpc) is 2.55. The monoisotopic (exact) mass is 285 g/mol. The number of benzene rings is 2. The third-order valence-corrected chi connectivity index (χ3v) is 3.11. The van der Waals surface area contributed by atoms with Crippen LogP contribution in [0.4, 0.5) is 0 Å². The maximum absolute atomic E-state index is 12.5. The molecule has 0 aromatic heterocycles. The lowest BCUT2D eigenvalue weighted by Gasteiger charge is -2.14. The Morgan fingerprint density at radius 3 is 2.24 bits per heavy atom. The second kappa shape index (κ2) is 6.90. The van der Waals surface area contributed by atoms with E-state index < -0.39 is 0 Å². The highest BCUT2D eigenvalue weighted by Gasteiger charge is 2.17. The van der Waals surface area contributed by atoms with E-state index in [0.29, 0.717) is 29.2 Å². The third-order valence-electron chi connectivity index (χ3n) is 3.11. The zero-order chi connectivity index (χ0) is 15.2. The average molecular weight is 285 g/mol. The molecule has 0 N–H and O–H groups in total. The van der Waals surface area contributed by atoms with Gasteiger partial charge in [0, 0.05) is 18.2 Å². The fourth-order valence-corrected chi connectivity index (χ4v) is 2.09. The Kier molecular flexibility index (Phi) is 4.95. The van der Waals surface area contributed by atoms with E-state index in [0.717, 1.165) is 5.56 Å². The van der Waals surface area contributed by atoms with Crippen LogP contribution in [-0.2, 0) is 11.3 Å². The second-order valence-corrected chi connectivity index (χ2v) is 4.40. The van der Waals surface area contributed by atoms with Crippen LogP contribution in [-0.4, -0.2) is 27.1 Å². The van der Waals surface area contributed by atoms with Crippen molar-refractivity contribution in [3.63, 3.8) is 0 Å². The van der Waals surface area contributed by atoms with Gasteiger partial charge in [0.25, 0.3) is 0 Å². The molecule has 21 heavy (non-hydrogen) atoms. The molecule has 2 rings (SSSR count). The van der Waals surface area contributed by atoms with E-state index in [-0.39, 0.29) is 5.78 Å². The third kappa shape index (κ3) is 3.23. The van der Waals surface area contributed by atoms with E-state index in [1.165, 1.54) is 0 Å². The summed E-state index contributed by atoms with van der Waals surface area (Å²) in [7, 11) is 4.70. The minimum Gasteiger partial charge on any atom is -0.496 e. The predicted octanol–water partition coefficient (Wildman–Crippen LogP) is 2.88. The SMILES string of the molecule is COCc1c(OC)cc(C(=O)c2[c]cccc2)cc1OC. The molecule has 0 amide bonds. The fourth-order valence-electron chi connectivity index (χ4n) is 2.09. The molecule has 109 valence electrons. The van der Waals surface area contributed by atoms with E-state index in [4.69, 9.17) is 14.2 Å². The molecule has 0 saturated carbocycles. The topological polar surface area (TPSA) is 44.8 Å². The molecule has 0 atom stereocenters. The first-order valence-electron chi connectivity index (χ1n) is 6.46. The normalized spacial score (nSPS) is 10.2. The Morgan fingerprint density at radius 2 is 1.76 bits per heavy atom. The van der Waals surface area contributed by atoms with Crippen molar-refractivity contribution in [2.75, 3.05) is 21.3 Å². The molecule has 4 heteroatoms. The number of rotatable bonds is 6. The highest BCUT2D eigenvalue weighted by molar-refractivity contribution is 6.09. The lowest BCUT2D eigenvalue weighted by Crippen LogP contribution is -2.05. The van der Waals surface area contributed by atoms with Crippen LogP contribution in [0.2, 0.25) is 0 Å². The zero-order valence-electron chi connectivity index (χ0n) is 12.3. The Hall–Kier alpha value is -2.33. The smallest absolute Gasteiger partial charge is 0.193 e. The highest BCUT2D eigenvalue weighted by Crippen LogP contribution is 2.32. The van der Waals surface area contributed by atoms with E-state index in [1.807, 2.05) is 6.07 Å². The molecule has 0 aliphatic carbocycles. The number of carbonyl (C=O) groups excluding carboxylic acids is 1. The predicted molar refractivity (Wildman–Crippen MR) is 79.0 cm³/mol. The van der Waals surface area contributed by atoms with Crippen molar-refractivity contribution in [2.24, 2.45) is 0 Å². The van der Waals surface area contributed by atoms with E-state index >= 15 is 0 Å². The van der Waals surface area contributed by atoms with Crippen LogP contribution in [0.3, 0.4) is 0 Å². The van der Waals surface area contributed by atoms with Crippen molar-refractivity contribution < 1.29 is 19.0 Å². The fraction of sp³-hybridized carbons (Fsp3) is 0.235. The van der Waals surface area contributed by atoms with Gasteiger partial charge in [0.1, 0.15) is 11.5 Å². The van der Waals surface area contributed by atoms with Crippen LogP contribution in [0, 0.1) is 6.07 Å². The first kappa shape index (κ1) is 15.1. The molecule has 2 aromatic rings. The highest BCUT2D eigenvalue weighted by atomic mass is 16.5. The Morgan fingerprint density at radius 1 is 1.10 bits per heavy atom. The summed E-state index contributed by atoms with van der Waals surface area (Å²) in [6.45, 7) is 0.346. The van der Waals surface area contributed by atoms with Gasteiger partial charge in [-0.05, 0) is 18.2 Å². The van der Waals surface area contributed by atoms with Gasteiger partial charge in [0.05, 0.1) is 26.4 Å². The van der Waals surface area contributed by atoms with Crippen molar-refractivity contribution in [1.29, 1.82) is 0 Å². The number of methoxy groups -OCH3 is 3. The summed E-state index contributed by atoms with van der Waals surface area (Å²) < 4.78 is 15.8. The first-order chi connectivity index (χ1) is 10.2. The lowest BCUT2D eigenvalue weighted by molar-refractivity contribution is 0.103. The lowest BCUT2D eigenvalue weighted by atomic mass is 10.0. The maximum atomic E-state index is 12.5. The zero-order valence-corrected chi connectivity index (χ0v) is 12.3. The van der Waals surface area contributed by atoms with Crippen molar-refractivity contribution in [3.05, 3.63) is 59.2 Å². The number of carbonyl (C=O) groups is 1. The van der Waals surface area contributed by atoms with Gasteiger partial charge >= 0.3 is 0 Å². The van der Waals surface area contributed by atoms with Crippen LogP contribution in [0.5, 0.6) is 11.5 Å². The molecule has 0 aliphatic rings. The summed E-state index contributed by atoms with van der Waals surface area (Å²) in [6, 6.07) is 13.4. The van der Waals surface area contributed by atoms with Gasteiger partial charge in [0.2, 0.25) is 0 Å². The summed E-state index contributed by atoms with van der Waals surface area (Å²) in [5, 5.41) is 0. The summed E-state index contributed by atoms with van der Waals surface area (Å²) in [5.41, 5.74) is 1.77. The van der Waals surface area contributed by atoms with E-state index in [9.17, 15) is 4.79 Å². The number of hydrogen-bond acceptors (Lipinski definition) is 4. The Balaban J connectivity index is 2.48. The number of ether oxygens (including phenoxy) is 3. The summed E-state index contributed by atoms with van der Waals surface area (Å²) in [5.74, 6) is 1.00. The molecule has 0 fully saturated rings. The minimum absolute atomic E-state index is 0.129. The molecule has 0 heterocycles. The van der Waals surface area contributed by atoms with Crippen molar-refractivity contribution in [3.8, 4) is 11.5 Å². The summed E-state index contributed by atoms with van der Waals surface area (Å²) >= 11 is 0. The van der Waals surface area contributed by atoms with E-state index in [2.05, 4.69) is 6.07 Å². The van der Waals surface area contributed by atoms with Gasteiger partial charge in [0.15, 0.2) is 5.78 Å². The maximum Gasteiger partial charge on any atom is 0.193 e. The largest absolute Gasteiger partial charge is 0.496 e. The second-order valence-electron chi connectivity index (χ2n) is 4.40. The van der Waals surface area contributed by atoms with Gasteiger partial charge in [-0.25, -0.2) is 0 Å². The minimum atomic E-state index is -0.129. The molecule has 4 nitrogen and oxygen atoms in total. The molecule has 0 aliphatic heterocycles. The quantitative estimate of drug-likeness (QED) is 0.766. The first-order valence-corrected chi connectivity index (χ1v) is 6.46. The van der Waals surface area contributed by atoms with Gasteiger partial charge in [-0.15, -0.1) is 0 Å². The molecule has 0 saturated heterocycles. The van der Waals surface area contributed by atoms with Crippen molar-refractivity contribution in [1.82, 2.24) is 0 Å². The molecular weight excluding hydrogens is 268 g/mol. The van der Waals surface area contributed by atoms with Crippen LogP contribution in [0.15, 0.2) is 36.4 Å². The van der Waals surface area contributed by atoms with Crippen LogP contribution >= 0.6 is 0 Å². The molecule has 1 radical (unpaired) electrons. The Bertz CT molecular complexity index is 595. The Labute approximate surface area is 124 Å². The van der Waals surface area contributed by atoms with Gasteiger partial charge in [-0.3, -0.25) is 4.79 Å². The van der Waals surface area contributed by atoms with Gasteiger partial charge < -0.3 is 14.2 Å². The van der Waals surface area contributed by atoms with Crippen molar-refractivity contribution >= 4 is 5.78 Å². The molecule has 0 spiro atoms. The molecule has 0 unspecified atom stereocenters. The molecule has 2 aromatic carbocycles. The van der Waals surface area contributed by atoms with Gasteiger partial charge in [-0.2, -0.15) is 0 Å².